The summed E-state index contributed by atoms with van der Waals surface area (Å²) in [6.45, 7) is 5.17. The van der Waals surface area contributed by atoms with Crippen LogP contribution < -0.4 is 0 Å². The van der Waals surface area contributed by atoms with E-state index in [9.17, 15) is 4.79 Å². The maximum Gasteiger partial charge on any atom is 0.337 e. The monoisotopic (exact) mass is 326 g/mol. The Balaban J connectivity index is 2.08. The molecule has 1 aliphatic heterocycles. The van der Waals surface area contributed by atoms with Crippen LogP contribution in [0, 0.1) is 0 Å². The highest BCUT2D eigenvalue weighted by molar-refractivity contribution is 9.10. The Morgan fingerprint density at radius 2 is 2.00 bits per heavy atom. The molecule has 0 radical (unpaired) electrons. The van der Waals surface area contributed by atoms with E-state index in [0.717, 1.165) is 42.8 Å². The summed E-state index contributed by atoms with van der Waals surface area (Å²) in [6.07, 6.45) is 0. The van der Waals surface area contributed by atoms with Crippen LogP contribution in [0.3, 0.4) is 0 Å². The van der Waals surface area contributed by atoms with Crippen LogP contribution in [-0.2, 0) is 11.3 Å². The van der Waals surface area contributed by atoms with Crippen molar-refractivity contribution in [1.82, 2.24) is 9.80 Å². The number of esters is 1. The average molecular weight is 327 g/mol. The zero-order chi connectivity index (χ0) is 13.8. The largest absolute Gasteiger partial charge is 0.465 e. The third-order valence-electron chi connectivity index (χ3n) is 3.46. The maximum absolute atomic E-state index is 11.6. The molecule has 1 aliphatic rings. The van der Waals surface area contributed by atoms with Crippen LogP contribution in [0.5, 0.6) is 0 Å². The number of halogens is 1. The van der Waals surface area contributed by atoms with Crippen LogP contribution in [-0.4, -0.2) is 56.1 Å². The Morgan fingerprint density at radius 3 is 2.63 bits per heavy atom. The Bertz CT molecular complexity index is 457. The molecule has 0 unspecified atom stereocenters. The molecule has 0 atom stereocenters. The molecule has 1 aromatic rings. The van der Waals surface area contributed by atoms with Crippen molar-refractivity contribution in [1.29, 1.82) is 0 Å². The van der Waals surface area contributed by atoms with Crippen LogP contribution >= 0.6 is 15.9 Å². The highest BCUT2D eigenvalue weighted by atomic mass is 79.9. The van der Waals surface area contributed by atoms with E-state index < -0.39 is 0 Å². The zero-order valence-corrected chi connectivity index (χ0v) is 12.9. The van der Waals surface area contributed by atoms with E-state index in [1.807, 2.05) is 12.1 Å². The lowest BCUT2D eigenvalue weighted by Crippen LogP contribution is -2.43. The second-order valence-corrected chi connectivity index (χ2v) is 5.73. The highest BCUT2D eigenvalue weighted by Gasteiger charge is 2.16. The van der Waals surface area contributed by atoms with Crippen LogP contribution in [0.2, 0.25) is 0 Å². The third-order valence-corrected chi connectivity index (χ3v) is 4.23. The lowest BCUT2D eigenvalue weighted by atomic mass is 10.1. The zero-order valence-electron chi connectivity index (χ0n) is 11.4. The summed E-state index contributed by atoms with van der Waals surface area (Å²) >= 11 is 3.55. The molecule has 4 nitrogen and oxygen atoms in total. The van der Waals surface area contributed by atoms with E-state index in [1.165, 1.54) is 7.11 Å². The smallest absolute Gasteiger partial charge is 0.337 e. The minimum atomic E-state index is -0.285. The van der Waals surface area contributed by atoms with Crippen LogP contribution in [0.4, 0.5) is 0 Å². The average Bonchev–Trinajstić information content (AvgIpc) is 2.43. The summed E-state index contributed by atoms with van der Waals surface area (Å²) in [7, 11) is 3.55. The van der Waals surface area contributed by atoms with Crippen LogP contribution in [0.1, 0.15) is 15.9 Å². The molecule has 0 aliphatic carbocycles. The number of hydrogen-bond acceptors (Lipinski definition) is 4. The molecule has 0 amide bonds. The molecule has 19 heavy (non-hydrogen) atoms. The fourth-order valence-electron chi connectivity index (χ4n) is 2.19. The minimum Gasteiger partial charge on any atom is -0.465 e. The maximum atomic E-state index is 11.6. The number of likely N-dealkylation sites (N-methyl/N-ethyl adjacent to an activating group) is 1. The summed E-state index contributed by atoms with van der Waals surface area (Å²) in [5, 5.41) is 0. The van der Waals surface area contributed by atoms with Crippen molar-refractivity contribution < 1.29 is 9.53 Å². The fourth-order valence-corrected chi connectivity index (χ4v) is 2.56. The molecular weight excluding hydrogens is 308 g/mol. The van der Waals surface area contributed by atoms with Crippen molar-refractivity contribution in [3.05, 3.63) is 33.8 Å². The van der Waals surface area contributed by atoms with E-state index in [2.05, 4.69) is 32.8 Å². The molecule has 0 N–H and O–H groups in total. The lowest BCUT2D eigenvalue weighted by Gasteiger charge is -2.32. The molecule has 2 rings (SSSR count). The normalized spacial score (nSPS) is 17.4. The van der Waals surface area contributed by atoms with Gasteiger partial charge in [-0.15, -0.1) is 0 Å². The van der Waals surface area contributed by atoms with E-state index in [0.29, 0.717) is 5.56 Å². The number of carbonyl (C=O) groups is 1. The third kappa shape index (κ3) is 3.78. The Kier molecular flexibility index (Phi) is 4.96. The van der Waals surface area contributed by atoms with E-state index in [-0.39, 0.29) is 5.97 Å². The van der Waals surface area contributed by atoms with Crippen LogP contribution in [0.15, 0.2) is 22.7 Å². The van der Waals surface area contributed by atoms with Crippen molar-refractivity contribution in [2.24, 2.45) is 0 Å². The standard InChI is InChI=1S/C14H19BrN2O2/c1-16-5-7-17(8-6-16)10-12-9-11(14(18)19-2)3-4-13(12)15/h3-4,9H,5-8,10H2,1-2H3. The van der Waals surface area contributed by atoms with E-state index in [4.69, 9.17) is 4.74 Å². The van der Waals surface area contributed by atoms with Crippen molar-refractivity contribution in [2.45, 2.75) is 6.54 Å². The first kappa shape index (κ1) is 14.5. The molecule has 1 fully saturated rings. The number of ether oxygens (including phenoxy) is 1. The lowest BCUT2D eigenvalue weighted by molar-refractivity contribution is 0.0600. The fraction of sp³-hybridized carbons (Fsp3) is 0.500. The predicted octanol–water partition coefficient (Wildman–Crippen LogP) is 1.98. The summed E-state index contributed by atoms with van der Waals surface area (Å²) in [5.74, 6) is -0.285. The Morgan fingerprint density at radius 1 is 1.32 bits per heavy atom. The molecule has 0 aromatic heterocycles. The van der Waals surface area contributed by atoms with Gasteiger partial charge < -0.3 is 9.64 Å². The predicted molar refractivity (Wildman–Crippen MR) is 78.3 cm³/mol. The summed E-state index contributed by atoms with van der Waals surface area (Å²) in [6, 6.07) is 5.61. The van der Waals surface area contributed by atoms with Gasteiger partial charge in [0.15, 0.2) is 0 Å². The van der Waals surface area contributed by atoms with Gasteiger partial charge in [0.05, 0.1) is 12.7 Å². The molecule has 0 saturated carbocycles. The van der Waals surface area contributed by atoms with Gasteiger partial charge >= 0.3 is 5.97 Å². The first-order chi connectivity index (χ1) is 9.10. The summed E-state index contributed by atoms with van der Waals surface area (Å²) < 4.78 is 5.80. The number of piperazine rings is 1. The number of carbonyl (C=O) groups excluding carboxylic acids is 1. The van der Waals surface area contributed by atoms with Gasteiger partial charge in [0.25, 0.3) is 0 Å². The van der Waals surface area contributed by atoms with E-state index >= 15 is 0 Å². The molecule has 1 heterocycles. The van der Waals surface area contributed by atoms with Gasteiger partial charge in [-0.25, -0.2) is 4.79 Å². The van der Waals surface area contributed by atoms with Gasteiger partial charge in [0.1, 0.15) is 0 Å². The van der Waals surface area contributed by atoms with Gasteiger partial charge in [-0.3, -0.25) is 4.90 Å². The Labute approximate surface area is 122 Å². The second kappa shape index (κ2) is 6.50. The minimum absolute atomic E-state index is 0.285. The molecule has 5 heteroatoms. The van der Waals surface area contributed by atoms with E-state index in [1.54, 1.807) is 6.07 Å². The number of methoxy groups -OCH3 is 1. The van der Waals surface area contributed by atoms with Gasteiger partial charge in [-0.2, -0.15) is 0 Å². The number of benzene rings is 1. The van der Waals surface area contributed by atoms with Crippen LogP contribution in [0.25, 0.3) is 0 Å². The van der Waals surface area contributed by atoms with Gasteiger partial charge in [-0.1, -0.05) is 15.9 Å². The Hall–Kier alpha value is -0.910. The highest BCUT2D eigenvalue weighted by Crippen LogP contribution is 2.21. The molecular formula is C14H19BrN2O2. The summed E-state index contributed by atoms with van der Waals surface area (Å²) in [4.78, 5) is 16.3. The van der Waals surface area contributed by atoms with Gasteiger partial charge in [-0.05, 0) is 30.8 Å². The SMILES string of the molecule is COC(=O)c1ccc(Br)c(CN2CCN(C)CC2)c1. The molecule has 0 spiro atoms. The first-order valence-electron chi connectivity index (χ1n) is 6.38. The van der Waals surface area contributed by atoms with Crippen molar-refractivity contribution in [2.75, 3.05) is 40.3 Å². The molecule has 1 aromatic carbocycles. The van der Waals surface area contributed by atoms with Crippen molar-refractivity contribution in [3.8, 4) is 0 Å². The quantitative estimate of drug-likeness (QED) is 0.795. The van der Waals surface area contributed by atoms with Crippen molar-refractivity contribution >= 4 is 21.9 Å². The second-order valence-electron chi connectivity index (χ2n) is 4.88. The molecule has 104 valence electrons. The topological polar surface area (TPSA) is 32.8 Å². The number of hydrogen-bond donors (Lipinski definition) is 0. The molecule has 0 bridgehead atoms. The van der Waals surface area contributed by atoms with Crippen molar-refractivity contribution in [3.63, 3.8) is 0 Å². The van der Waals surface area contributed by atoms with Gasteiger partial charge in [0, 0.05) is 37.2 Å². The van der Waals surface area contributed by atoms with Gasteiger partial charge in [0.2, 0.25) is 0 Å². The molecule has 1 saturated heterocycles. The number of rotatable bonds is 3. The summed E-state index contributed by atoms with van der Waals surface area (Å²) in [5.41, 5.74) is 1.74. The number of nitrogens with zero attached hydrogens (tertiary/aromatic N) is 2. The first-order valence-corrected chi connectivity index (χ1v) is 7.17.